The molecule has 0 aliphatic carbocycles. The second-order valence-electron chi connectivity index (χ2n) is 2.56. The van der Waals surface area contributed by atoms with Crippen molar-refractivity contribution in [1.82, 2.24) is 0 Å². The van der Waals surface area contributed by atoms with Gasteiger partial charge < -0.3 is 5.11 Å². The molecule has 0 spiro atoms. The first-order chi connectivity index (χ1) is 5.65. The highest BCUT2D eigenvalue weighted by Gasteiger charge is 2.08. The largest absolute Gasteiger partial charge is 0.395 e. The van der Waals surface area contributed by atoms with Gasteiger partial charge in [-0.15, -0.1) is 0 Å². The van der Waals surface area contributed by atoms with Crippen molar-refractivity contribution in [2.75, 3.05) is 6.61 Å². The van der Waals surface area contributed by atoms with E-state index in [2.05, 4.69) is 15.9 Å². The van der Waals surface area contributed by atoms with E-state index in [0.717, 1.165) is 16.0 Å². The van der Waals surface area contributed by atoms with Gasteiger partial charge in [0.25, 0.3) is 0 Å². The number of aliphatic hydroxyl groups is 1. The minimum absolute atomic E-state index is 0.0545. The van der Waals surface area contributed by atoms with Crippen molar-refractivity contribution in [3.63, 3.8) is 0 Å². The highest BCUT2D eigenvalue weighted by Crippen LogP contribution is 2.26. The third-order valence-corrected chi connectivity index (χ3v) is 2.55. The van der Waals surface area contributed by atoms with Crippen LogP contribution in [0.5, 0.6) is 0 Å². The van der Waals surface area contributed by atoms with Gasteiger partial charge in [0, 0.05) is 15.4 Å². The van der Waals surface area contributed by atoms with E-state index in [-0.39, 0.29) is 6.61 Å². The van der Waals surface area contributed by atoms with Gasteiger partial charge in [-0.3, -0.25) is 0 Å². The van der Waals surface area contributed by atoms with Crippen LogP contribution < -0.4 is 0 Å². The molecule has 0 fully saturated rings. The van der Waals surface area contributed by atoms with Gasteiger partial charge in [-0.05, 0) is 23.8 Å². The summed E-state index contributed by atoms with van der Waals surface area (Å²) in [6, 6.07) is 5.51. The first-order valence-corrected chi connectivity index (χ1v) is 4.71. The Hall–Kier alpha value is -0.0500. The second-order valence-corrected chi connectivity index (χ2v) is 3.85. The maximum Gasteiger partial charge on any atom is 0.0535 e. The molecule has 0 atom stereocenters. The molecule has 0 saturated heterocycles. The molecular formula is C9H9BrClO. The van der Waals surface area contributed by atoms with Crippen molar-refractivity contribution in [3.05, 3.63) is 39.2 Å². The van der Waals surface area contributed by atoms with E-state index < -0.39 is 0 Å². The molecule has 0 heterocycles. The zero-order valence-corrected chi connectivity index (χ0v) is 8.98. The summed E-state index contributed by atoms with van der Waals surface area (Å²) in [6.07, 6.45) is 0. The summed E-state index contributed by atoms with van der Waals surface area (Å²) in [5.41, 5.74) is 0.963. The average molecular weight is 249 g/mol. The fourth-order valence-corrected chi connectivity index (χ4v) is 1.67. The molecule has 0 amide bonds. The second kappa shape index (κ2) is 4.26. The van der Waals surface area contributed by atoms with Gasteiger partial charge >= 0.3 is 0 Å². The van der Waals surface area contributed by atoms with Crippen LogP contribution in [0.15, 0.2) is 22.7 Å². The standard InChI is InChI=1S/C9H9BrClO/c1-6(5-12)8-4-7(11)2-3-9(8)10/h2-4,12H,5H2,1H3. The number of halogens is 2. The lowest BCUT2D eigenvalue weighted by atomic mass is 10.0. The van der Waals surface area contributed by atoms with Gasteiger partial charge in [0.2, 0.25) is 0 Å². The Morgan fingerprint density at radius 1 is 1.58 bits per heavy atom. The molecule has 0 bridgehead atoms. The monoisotopic (exact) mass is 247 g/mol. The first kappa shape index (κ1) is 10.0. The molecule has 1 rings (SSSR count). The minimum Gasteiger partial charge on any atom is -0.395 e. The molecule has 0 aliphatic heterocycles. The molecule has 1 radical (unpaired) electrons. The van der Waals surface area contributed by atoms with Crippen LogP contribution in [0.4, 0.5) is 0 Å². The van der Waals surface area contributed by atoms with E-state index in [1.807, 2.05) is 19.1 Å². The van der Waals surface area contributed by atoms with Gasteiger partial charge in [0.05, 0.1) is 6.61 Å². The molecule has 1 N–H and O–H groups in total. The smallest absolute Gasteiger partial charge is 0.0535 e. The van der Waals surface area contributed by atoms with Gasteiger partial charge in [-0.2, -0.15) is 0 Å². The molecule has 0 unspecified atom stereocenters. The van der Waals surface area contributed by atoms with Crippen molar-refractivity contribution < 1.29 is 5.11 Å². The van der Waals surface area contributed by atoms with Crippen LogP contribution in [0.25, 0.3) is 0 Å². The molecule has 65 valence electrons. The van der Waals surface area contributed by atoms with Crippen LogP contribution in [0.1, 0.15) is 12.5 Å². The Labute approximate surface area is 85.5 Å². The van der Waals surface area contributed by atoms with Crippen LogP contribution in [0.2, 0.25) is 5.02 Å². The summed E-state index contributed by atoms with van der Waals surface area (Å²) in [6.45, 7) is 1.93. The lowest BCUT2D eigenvalue weighted by molar-refractivity contribution is 0.315. The summed E-state index contributed by atoms with van der Waals surface area (Å²) < 4.78 is 0.957. The minimum atomic E-state index is 0.0545. The Kier molecular flexibility index (Phi) is 3.56. The quantitative estimate of drug-likeness (QED) is 0.853. The molecule has 3 heteroatoms. The number of benzene rings is 1. The Balaban J connectivity index is 3.04. The van der Waals surface area contributed by atoms with Gasteiger partial charge in [0.1, 0.15) is 0 Å². The zero-order valence-electron chi connectivity index (χ0n) is 6.64. The van der Waals surface area contributed by atoms with Gasteiger partial charge in [-0.1, -0.05) is 34.5 Å². The van der Waals surface area contributed by atoms with E-state index in [9.17, 15) is 0 Å². The third-order valence-electron chi connectivity index (χ3n) is 1.63. The van der Waals surface area contributed by atoms with Gasteiger partial charge in [0.15, 0.2) is 0 Å². The maximum atomic E-state index is 8.90. The molecule has 1 nitrogen and oxygen atoms in total. The molecule has 0 aliphatic rings. The zero-order chi connectivity index (χ0) is 9.14. The van der Waals surface area contributed by atoms with Crippen LogP contribution in [-0.2, 0) is 0 Å². The predicted octanol–water partition coefficient (Wildman–Crippen LogP) is 3.04. The SMILES string of the molecule is C[C](CO)c1cc(Cl)ccc1Br. The van der Waals surface area contributed by atoms with Gasteiger partial charge in [-0.25, -0.2) is 0 Å². The van der Waals surface area contributed by atoms with Crippen molar-refractivity contribution >= 4 is 27.5 Å². The lowest BCUT2D eigenvalue weighted by Crippen LogP contribution is -2.00. The molecule has 0 saturated carbocycles. The number of aliphatic hydroxyl groups excluding tert-OH is 1. The maximum absolute atomic E-state index is 8.90. The summed E-state index contributed by atoms with van der Waals surface area (Å²) in [4.78, 5) is 0. The van der Waals surface area contributed by atoms with Crippen molar-refractivity contribution in [1.29, 1.82) is 0 Å². The number of rotatable bonds is 2. The first-order valence-electron chi connectivity index (χ1n) is 3.54. The number of hydrogen-bond donors (Lipinski definition) is 1. The summed E-state index contributed by atoms with van der Waals surface area (Å²) in [7, 11) is 0. The normalized spacial score (nSPS) is 10.8. The van der Waals surface area contributed by atoms with E-state index in [0.29, 0.717) is 5.02 Å². The van der Waals surface area contributed by atoms with Crippen LogP contribution in [-0.4, -0.2) is 11.7 Å². The average Bonchev–Trinajstić information content (AvgIpc) is 2.08. The fourth-order valence-electron chi connectivity index (χ4n) is 0.910. The summed E-state index contributed by atoms with van der Waals surface area (Å²) in [5.74, 6) is 0.907. The molecule has 1 aromatic rings. The van der Waals surface area contributed by atoms with E-state index in [4.69, 9.17) is 16.7 Å². The topological polar surface area (TPSA) is 20.2 Å². The van der Waals surface area contributed by atoms with Crippen LogP contribution >= 0.6 is 27.5 Å². The van der Waals surface area contributed by atoms with E-state index >= 15 is 0 Å². The molecular weight excluding hydrogens is 239 g/mol. The van der Waals surface area contributed by atoms with Crippen LogP contribution in [0, 0.1) is 5.92 Å². The summed E-state index contributed by atoms with van der Waals surface area (Å²) in [5, 5.41) is 9.58. The molecule has 1 aromatic carbocycles. The van der Waals surface area contributed by atoms with Crippen molar-refractivity contribution in [2.24, 2.45) is 0 Å². The highest BCUT2D eigenvalue weighted by atomic mass is 79.9. The Morgan fingerprint density at radius 2 is 2.25 bits per heavy atom. The van der Waals surface area contributed by atoms with Crippen LogP contribution in [0.3, 0.4) is 0 Å². The summed E-state index contributed by atoms with van der Waals surface area (Å²) >= 11 is 9.18. The third kappa shape index (κ3) is 2.22. The highest BCUT2D eigenvalue weighted by molar-refractivity contribution is 9.10. The number of hydrogen-bond acceptors (Lipinski definition) is 1. The van der Waals surface area contributed by atoms with Crippen molar-refractivity contribution in [2.45, 2.75) is 6.92 Å². The molecule has 0 aromatic heterocycles. The fraction of sp³-hybridized carbons (Fsp3) is 0.222. The molecule has 12 heavy (non-hydrogen) atoms. The Bertz CT molecular complexity index is 275. The lowest BCUT2D eigenvalue weighted by Gasteiger charge is -2.09. The van der Waals surface area contributed by atoms with E-state index in [1.165, 1.54) is 0 Å². The van der Waals surface area contributed by atoms with E-state index in [1.54, 1.807) is 6.07 Å². The van der Waals surface area contributed by atoms with Crippen molar-refractivity contribution in [3.8, 4) is 0 Å². The Morgan fingerprint density at radius 3 is 2.83 bits per heavy atom. The predicted molar refractivity (Wildman–Crippen MR) is 54.3 cm³/mol.